The zero-order valence-corrected chi connectivity index (χ0v) is 18.5. The molecule has 1 saturated carbocycles. The largest absolute Gasteiger partial charge is 0.378 e. The van der Waals surface area contributed by atoms with Crippen molar-refractivity contribution < 1.29 is 9.53 Å². The second-order valence-corrected chi connectivity index (χ2v) is 9.48. The summed E-state index contributed by atoms with van der Waals surface area (Å²) < 4.78 is 5.53. The highest BCUT2D eigenvalue weighted by Crippen LogP contribution is 2.41. The third-order valence-electron chi connectivity index (χ3n) is 6.91. The molecule has 1 N–H and O–H groups in total. The van der Waals surface area contributed by atoms with Crippen LogP contribution in [0, 0.1) is 17.8 Å². The van der Waals surface area contributed by atoms with Gasteiger partial charge >= 0.3 is 0 Å². The van der Waals surface area contributed by atoms with E-state index in [9.17, 15) is 4.79 Å². The van der Waals surface area contributed by atoms with Gasteiger partial charge < -0.3 is 19.9 Å². The van der Waals surface area contributed by atoms with Gasteiger partial charge in [-0.15, -0.1) is 0 Å². The number of carbonyl (C=O) groups is 1. The van der Waals surface area contributed by atoms with Gasteiger partial charge in [-0.3, -0.25) is 4.79 Å². The number of pyridine rings is 1. The second kappa shape index (κ2) is 8.50. The molecule has 3 atom stereocenters. The maximum absolute atomic E-state index is 13.9. The third-order valence-corrected chi connectivity index (χ3v) is 6.91. The molecule has 2 fully saturated rings. The first-order chi connectivity index (χ1) is 15.1. The van der Waals surface area contributed by atoms with Crippen molar-refractivity contribution in [3.05, 3.63) is 42.1 Å². The summed E-state index contributed by atoms with van der Waals surface area (Å²) >= 11 is 0. The molecule has 164 valence electrons. The zero-order valence-electron chi connectivity index (χ0n) is 18.5. The lowest BCUT2D eigenvalue weighted by Crippen LogP contribution is -2.39. The van der Waals surface area contributed by atoms with E-state index in [1.807, 2.05) is 11.0 Å². The zero-order chi connectivity index (χ0) is 21.4. The second-order valence-electron chi connectivity index (χ2n) is 9.48. The Morgan fingerprint density at radius 3 is 2.65 bits per heavy atom. The fraction of sp³-hybridized carbons (Fsp3) is 0.520. The topological polar surface area (TPSA) is 57.7 Å². The number of fused-ring (bicyclic) bond motifs is 2. The Kier molecular flexibility index (Phi) is 5.57. The summed E-state index contributed by atoms with van der Waals surface area (Å²) in [7, 11) is 0. The maximum Gasteiger partial charge on any atom is 0.230 e. The summed E-state index contributed by atoms with van der Waals surface area (Å²) in [4.78, 5) is 22.8. The number of carbonyl (C=O) groups excluding carboxylic acids is 1. The van der Waals surface area contributed by atoms with E-state index in [2.05, 4.69) is 53.3 Å². The van der Waals surface area contributed by atoms with Crippen molar-refractivity contribution in [2.24, 2.45) is 17.8 Å². The van der Waals surface area contributed by atoms with E-state index in [0.29, 0.717) is 18.4 Å². The molecule has 6 nitrogen and oxygen atoms in total. The molecule has 1 unspecified atom stereocenters. The first kappa shape index (κ1) is 20.3. The van der Waals surface area contributed by atoms with Crippen LogP contribution in [0.15, 0.2) is 36.5 Å². The average Bonchev–Trinajstić information content (AvgIpc) is 2.95. The molecule has 5 rings (SSSR count). The van der Waals surface area contributed by atoms with Crippen LogP contribution in [0.3, 0.4) is 0 Å². The molecule has 1 amide bonds. The van der Waals surface area contributed by atoms with Gasteiger partial charge in [0.2, 0.25) is 5.91 Å². The fourth-order valence-electron chi connectivity index (χ4n) is 5.49. The highest BCUT2D eigenvalue weighted by molar-refractivity contribution is 6.00. The number of benzene rings is 1. The monoisotopic (exact) mass is 420 g/mol. The molecule has 6 heteroatoms. The smallest absolute Gasteiger partial charge is 0.230 e. The van der Waals surface area contributed by atoms with Gasteiger partial charge in [-0.25, -0.2) is 4.98 Å². The number of amides is 1. The van der Waals surface area contributed by atoms with Gasteiger partial charge in [0.05, 0.1) is 31.1 Å². The Balaban J connectivity index is 1.53. The van der Waals surface area contributed by atoms with Crippen molar-refractivity contribution in [2.45, 2.75) is 39.7 Å². The SMILES string of the molecule is C[C@@H]1CC(C(=O)N2Cc3cccnc3Nc3ccc(N4CCOCC4)cc32)C[C@H](C)C1. The molecule has 0 spiro atoms. The van der Waals surface area contributed by atoms with E-state index >= 15 is 0 Å². The summed E-state index contributed by atoms with van der Waals surface area (Å²) in [6, 6.07) is 10.4. The van der Waals surface area contributed by atoms with Gasteiger partial charge in [0, 0.05) is 36.5 Å². The first-order valence-corrected chi connectivity index (χ1v) is 11.6. The van der Waals surface area contributed by atoms with Crippen molar-refractivity contribution in [1.29, 1.82) is 0 Å². The summed E-state index contributed by atoms with van der Waals surface area (Å²) in [5, 5.41) is 3.49. The Hall–Kier alpha value is -2.60. The number of nitrogens with one attached hydrogen (secondary N) is 1. The number of ether oxygens (including phenoxy) is 1. The van der Waals surface area contributed by atoms with Crippen LogP contribution in [0.2, 0.25) is 0 Å². The molecule has 1 saturated heterocycles. The molecule has 1 aromatic carbocycles. The van der Waals surface area contributed by atoms with E-state index < -0.39 is 0 Å². The first-order valence-electron chi connectivity index (χ1n) is 11.6. The molecule has 0 bridgehead atoms. The van der Waals surface area contributed by atoms with E-state index in [1.165, 1.54) is 6.42 Å². The summed E-state index contributed by atoms with van der Waals surface area (Å²) in [6.45, 7) is 8.34. The van der Waals surface area contributed by atoms with Crippen molar-refractivity contribution in [1.82, 2.24) is 4.98 Å². The summed E-state index contributed by atoms with van der Waals surface area (Å²) in [6.07, 6.45) is 4.97. The molecule has 2 aliphatic heterocycles. The van der Waals surface area contributed by atoms with Gasteiger partial charge in [-0.2, -0.15) is 0 Å². The van der Waals surface area contributed by atoms with Crippen molar-refractivity contribution in [2.75, 3.05) is 41.4 Å². The molecule has 2 aromatic rings. The van der Waals surface area contributed by atoms with Crippen LogP contribution >= 0.6 is 0 Å². The molecular formula is C25H32N4O2. The van der Waals surface area contributed by atoms with E-state index in [-0.39, 0.29) is 11.8 Å². The van der Waals surface area contributed by atoms with Crippen molar-refractivity contribution >= 4 is 28.8 Å². The van der Waals surface area contributed by atoms with Crippen LogP contribution in [-0.2, 0) is 16.1 Å². The fourth-order valence-corrected chi connectivity index (χ4v) is 5.49. The lowest BCUT2D eigenvalue weighted by atomic mass is 9.76. The Labute approximate surface area is 184 Å². The number of anilines is 4. The Bertz CT molecular complexity index is 946. The Morgan fingerprint density at radius 2 is 1.87 bits per heavy atom. The average molecular weight is 421 g/mol. The normalized spacial score (nSPS) is 25.8. The number of nitrogens with zero attached hydrogens (tertiary/aromatic N) is 3. The number of hydrogen-bond acceptors (Lipinski definition) is 5. The highest BCUT2D eigenvalue weighted by Gasteiger charge is 2.34. The standard InChI is InChI=1S/C25H32N4O2/c1-17-12-18(2)14-20(13-17)25(30)29-16-19-4-3-7-26-24(19)27-22-6-5-21(15-23(22)29)28-8-10-31-11-9-28/h3-7,15,17-18,20H,8-14,16H2,1-2H3,(H,26,27)/t17-,18+,20?. The highest BCUT2D eigenvalue weighted by atomic mass is 16.5. The van der Waals surface area contributed by atoms with Crippen LogP contribution < -0.4 is 15.1 Å². The molecule has 1 aliphatic carbocycles. The quantitative estimate of drug-likeness (QED) is 0.771. The number of hydrogen-bond donors (Lipinski definition) is 1. The molecule has 31 heavy (non-hydrogen) atoms. The van der Waals surface area contributed by atoms with Crippen LogP contribution in [-0.4, -0.2) is 37.2 Å². The molecule has 0 radical (unpaired) electrons. The molecule has 3 heterocycles. The van der Waals surface area contributed by atoms with E-state index in [4.69, 9.17) is 4.74 Å². The Morgan fingerprint density at radius 1 is 1.10 bits per heavy atom. The van der Waals surface area contributed by atoms with Gasteiger partial charge in [0.25, 0.3) is 0 Å². The maximum atomic E-state index is 13.9. The van der Waals surface area contributed by atoms with E-state index in [0.717, 1.165) is 67.6 Å². The van der Waals surface area contributed by atoms with Crippen LogP contribution in [0.4, 0.5) is 22.9 Å². The predicted molar refractivity (Wildman–Crippen MR) is 124 cm³/mol. The lowest BCUT2D eigenvalue weighted by Gasteiger charge is -2.35. The van der Waals surface area contributed by atoms with Crippen molar-refractivity contribution in [3.63, 3.8) is 0 Å². The van der Waals surface area contributed by atoms with Gasteiger partial charge in [0.15, 0.2) is 0 Å². The van der Waals surface area contributed by atoms with Gasteiger partial charge in [0.1, 0.15) is 5.82 Å². The summed E-state index contributed by atoms with van der Waals surface area (Å²) in [5.41, 5.74) is 4.10. The number of rotatable bonds is 2. The molecule has 1 aromatic heterocycles. The van der Waals surface area contributed by atoms with Gasteiger partial charge in [-0.1, -0.05) is 19.9 Å². The minimum atomic E-state index is 0.0804. The molecule has 3 aliphatic rings. The van der Waals surface area contributed by atoms with Gasteiger partial charge in [-0.05, 0) is 55.4 Å². The molecular weight excluding hydrogens is 388 g/mol. The third kappa shape index (κ3) is 4.13. The van der Waals surface area contributed by atoms with Crippen molar-refractivity contribution in [3.8, 4) is 0 Å². The lowest BCUT2D eigenvalue weighted by molar-refractivity contribution is -0.124. The van der Waals surface area contributed by atoms with Crippen LogP contribution in [0.5, 0.6) is 0 Å². The van der Waals surface area contributed by atoms with Crippen LogP contribution in [0.25, 0.3) is 0 Å². The van der Waals surface area contributed by atoms with Crippen LogP contribution in [0.1, 0.15) is 38.7 Å². The number of morpholine rings is 1. The minimum Gasteiger partial charge on any atom is -0.378 e. The predicted octanol–water partition coefficient (Wildman–Crippen LogP) is 4.58. The minimum absolute atomic E-state index is 0.0804. The summed E-state index contributed by atoms with van der Waals surface area (Å²) in [5.74, 6) is 2.35. The van der Waals surface area contributed by atoms with E-state index in [1.54, 1.807) is 6.20 Å². The number of aromatic nitrogens is 1.